The van der Waals surface area contributed by atoms with Gasteiger partial charge in [0.1, 0.15) is 12.7 Å². The molecule has 1 aliphatic rings. The molecule has 0 unspecified atom stereocenters. The third-order valence-corrected chi connectivity index (χ3v) is 3.91. The lowest BCUT2D eigenvalue weighted by atomic mass is 10.0. The van der Waals surface area contributed by atoms with Crippen LogP contribution in [0.1, 0.15) is 17.5 Å². The number of alkyl carbamates (subject to hydrolysis) is 1. The molecule has 120 valence electrons. The number of aryl methyl sites for hydroxylation is 1. The summed E-state index contributed by atoms with van der Waals surface area (Å²) in [6.07, 6.45) is 1.48. The first-order valence-electron chi connectivity index (χ1n) is 7.94. The van der Waals surface area contributed by atoms with Crippen molar-refractivity contribution in [1.82, 2.24) is 5.32 Å². The number of hydrogen-bond acceptors (Lipinski definition) is 3. The zero-order chi connectivity index (χ0) is 15.9. The van der Waals surface area contributed by atoms with Crippen LogP contribution in [0.5, 0.6) is 0 Å². The first-order valence-corrected chi connectivity index (χ1v) is 7.94. The molecule has 4 nitrogen and oxygen atoms in total. The molecule has 0 bridgehead atoms. The smallest absolute Gasteiger partial charge is 0.407 e. The van der Waals surface area contributed by atoms with Crippen LogP contribution in [0.2, 0.25) is 0 Å². The highest BCUT2D eigenvalue weighted by atomic mass is 16.6. The maximum absolute atomic E-state index is 12.0. The second-order valence-electron chi connectivity index (χ2n) is 5.71. The lowest BCUT2D eigenvalue weighted by Crippen LogP contribution is -2.39. The third kappa shape index (κ3) is 5.11. The van der Waals surface area contributed by atoms with E-state index in [9.17, 15) is 4.79 Å². The molecule has 1 heterocycles. The molecule has 3 rings (SSSR count). The number of carbonyl (C=O) groups excluding carboxylic acids is 1. The number of ether oxygens (including phenoxy) is 2. The molecule has 1 aliphatic heterocycles. The number of benzene rings is 2. The fourth-order valence-corrected chi connectivity index (χ4v) is 2.52. The second-order valence-corrected chi connectivity index (χ2v) is 5.71. The van der Waals surface area contributed by atoms with Crippen LogP contribution in [0.4, 0.5) is 4.79 Å². The van der Waals surface area contributed by atoms with Crippen LogP contribution in [-0.4, -0.2) is 24.8 Å². The van der Waals surface area contributed by atoms with Crippen molar-refractivity contribution in [2.45, 2.75) is 31.6 Å². The average Bonchev–Trinajstić information content (AvgIpc) is 3.43. The van der Waals surface area contributed by atoms with E-state index in [4.69, 9.17) is 9.47 Å². The molecule has 0 spiro atoms. The Hall–Kier alpha value is -2.33. The van der Waals surface area contributed by atoms with Crippen molar-refractivity contribution >= 4 is 6.09 Å². The second kappa shape index (κ2) is 7.79. The standard InChI is InChI=1S/C19H21NO3/c21-19(23-13-16-9-5-2-6-10-16)20-17(18-14-22-18)12-11-15-7-3-1-4-8-15/h1-10,17-18H,11-14H2,(H,20,21)/t17-,18-/m1/s1. The highest BCUT2D eigenvalue weighted by molar-refractivity contribution is 5.67. The molecule has 1 fully saturated rings. The van der Waals surface area contributed by atoms with Gasteiger partial charge in [-0.25, -0.2) is 4.79 Å². The highest BCUT2D eigenvalue weighted by Crippen LogP contribution is 2.19. The fraction of sp³-hybridized carbons (Fsp3) is 0.316. The minimum atomic E-state index is -0.387. The Bertz CT molecular complexity index is 611. The van der Waals surface area contributed by atoms with E-state index in [1.807, 2.05) is 48.5 Å². The van der Waals surface area contributed by atoms with Gasteiger partial charge in [0.25, 0.3) is 0 Å². The summed E-state index contributed by atoms with van der Waals surface area (Å²) in [5, 5.41) is 2.93. The number of carbonyl (C=O) groups is 1. The van der Waals surface area contributed by atoms with Crippen molar-refractivity contribution < 1.29 is 14.3 Å². The summed E-state index contributed by atoms with van der Waals surface area (Å²) >= 11 is 0. The normalized spacial score (nSPS) is 17.3. The number of amides is 1. The van der Waals surface area contributed by atoms with Crippen LogP contribution >= 0.6 is 0 Å². The molecule has 23 heavy (non-hydrogen) atoms. The van der Waals surface area contributed by atoms with E-state index < -0.39 is 0 Å². The van der Waals surface area contributed by atoms with Crippen LogP contribution in [0.3, 0.4) is 0 Å². The van der Waals surface area contributed by atoms with Gasteiger partial charge in [0, 0.05) is 0 Å². The number of rotatable bonds is 7. The van der Waals surface area contributed by atoms with Gasteiger partial charge in [0.2, 0.25) is 0 Å². The van der Waals surface area contributed by atoms with E-state index in [0.717, 1.165) is 18.4 Å². The first kappa shape index (κ1) is 15.6. The summed E-state index contributed by atoms with van der Waals surface area (Å²) in [5.74, 6) is 0. The lowest BCUT2D eigenvalue weighted by molar-refractivity contribution is 0.132. The van der Waals surface area contributed by atoms with Gasteiger partial charge in [-0.3, -0.25) is 0 Å². The average molecular weight is 311 g/mol. The van der Waals surface area contributed by atoms with E-state index in [-0.39, 0.29) is 24.8 Å². The van der Waals surface area contributed by atoms with Crippen molar-refractivity contribution in [3.05, 3.63) is 71.8 Å². The first-order chi connectivity index (χ1) is 11.3. The fourth-order valence-electron chi connectivity index (χ4n) is 2.52. The molecule has 2 aromatic carbocycles. The Morgan fingerprint density at radius 3 is 2.30 bits per heavy atom. The quantitative estimate of drug-likeness (QED) is 0.798. The van der Waals surface area contributed by atoms with Crippen LogP contribution in [-0.2, 0) is 22.5 Å². The van der Waals surface area contributed by atoms with E-state index in [1.54, 1.807) is 0 Å². The van der Waals surface area contributed by atoms with E-state index in [1.165, 1.54) is 5.56 Å². The zero-order valence-electron chi connectivity index (χ0n) is 13.0. The zero-order valence-corrected chi connectivity index (χ0v) is 13.0. The lowest BCUT2D eigenvalue weighted by Gasteiger charge is -2.16. The molecule has 1 saturated heterocycles. The van der Waals surface area contributed by atoms with Crippen molar-refractivity contribution in [2.75, 3.05) is 6.61 Å². The summed E-state index contributed by atoms with van der Waals surface area (Å²) in [5.41, 5.74) is 2.24. The molecule has 1 N–H and O–H groups in total. The SMILES string of the molecule is O=C(N[C@H](CCc1ccccc1)[C@H]1CO1)OCc1ccccc1. The van der Waals surface area contributed by atoms with E-state index in [0.29, 0.717) is 6.61 Å². The predicted octanol–water partition coefficient (Wildman–Crippen LogP) is 3.31. The number of nitrogens with one attached hydrogen (secondary N) is 1. The van der Waals surface area contributed by atoms with Gasteiger partial charge in [-0.15, -0.1) is 0 Å². The molecule has 2 aromatic rings. The van der Waals surface area contributed by atoms with Gasteiger partial charge in [-0.1, -0.05) is 60.7 Å². The van der Waals surface area contributed by atoms with Crippen LogP contribution < -0.4 is 5.32 Å². The Labute approximate surface area is 136 Å². The van der Waals surface area contributed by atoms with E-state index >= 15 is 0 Å². The van der Waals surface area contributed by atoms with Gasteiger partial charge in [0.15, 0.2) is 0 Å². The molecule has 1 amide bonds. The Kier molecular flexibility index (Phi) is 5.27. The Morgan fingerprint density at radius 1 is 1.09 bits per heavy atom. The molecule has 0 aromatic heterocycles. The van der Waals surface area contributed by atoms with Crippen molar-refractivity contribution in [2.24, 2.45) is 0 Å². The van der Waals surface area contributed by atoms with Crippen molar-refractivity contribution in [1.29, 1.82) is 0 Å². The maximum Gasteiger partial charge on any atom is 0.407 e. The largest absolute Gasteiger partial charge is 0.445 e. The van der Waals surface area contributed by atoms with Gasteiger partial charge in [-0.2, -0.15) is 0 Å². The van der Waals surface area contributed by atoms with Crippen LogP contribution in [0.15, 0.2) is 60.7 Å². The molecular formula is C19H21NO3. The third-order valence-electron chi connectivity index (χ3n) is 3.91. The summed E-state index contributed by atoms with van der Waals surface area (Å²) in [4.78, 5) is 12.0. The number of hydrogen-bond donors (Lipinski definition) is 1. The molecule has 0 saturated carbocycles. The highest BCUT2D eigenvalue weighted by Gasteiger charge is 2.33. The summed E-state index contributed by atoms with van der Waals surface area (Å²) in [7, 11) is 0. The Balaban J connectivity index is 1.46. The number of epoxide rings is 1. The molecule has 2 atom stereocenters. The van der Waals surface area contributed by atoms with Crippen LogP contribution in [0, 0.1) is 0 Å². The van der Waals surface area contributed by atoms with Crippen molar-refractivity contribution in [3.63, 3.8) is 0 Å². The van der Waals surface area contributed by atoms with Crippen LogP contribution in [0.25, 0.3) is 0 Å². The maximum atomic E-state index is 12.0. The van der Waals surface area contributed by atoms with Gasteiger partial charge in [0.05, 0.1) is 12.6 Å². The molecule has 0 radical (unpaired) electrons. The van der Waals surface area contributed by atoms with Gasteiger partial charge in [-0.05, 0) is 24.0 Å². The minimum absolute atomic E-state index is 0.00141. The molecular weight excluding hydrogens is 290 g/mol. The summed E-state index contributed by atoms with van der Waals surface area (Å²) in [6.45, 7) is 0.988. The van der Waals surface area contributed by atoms with Crippen molar-refractivity contribution in [3.8, 4) is 0 Å². The van der Waals surface area contributed by atoms with Gasteiger partial charge >= 0.3 is 6.09 Å². The van der Waals surface area contributed by atoms with E-state index in [2.05, 4.69) is 17.4 Å². The Morgan fingerprint density at radius 2 is 1.70 bits per heavy atom. The topological polar surface area (TPSA) is 50.9 Å². The van der Waals surface area contributed by atoms with Gasteiger partial charge < -0.3 is 14.8 Å². The monoisotopic (exact) mass is 311 g/mol. The minimum Gasteiger partial charge on any atom is -0.445 e. The summed E-state index contributed by atoms with van der Waals surface area (Å²) < 4.78 is 10.6. The summed E-state index contributed by atoms with van der Waals surface area (Å²) in [6, 6.07) is 19.9. The molecule has 0 aliphatic carbocycles. The molecule has 4 heteroatoms. The predicted molar refractivity (Wildman–Crippen MR) is 88.1 cm³/mol.